The zero-order valence-corrected chi connectivity index (χ0v) is 22.2. The summed E-state index contributed by atoms with van der Waals surface area (Å²) in [5, 5.41) is 0. The average Bonchev–Trinajstić information content (AvgIpc) is 2.94. The van der Waals surface area contributed by atoms with Crippen LogP contribution in [0.25, 0.3) is 0 Å². The summed E-state index contributed by atoms with van der Waals surface area (Å²) in [5.41, 5.74) is 27.4. The third kappa shape index (κ3) is 7.46. The van der Waals surface area contributed by atoms with Gasteiger partial charge in [-0.15, -0.1) is 0 Å². The first-order chi connectivity index (χ1) is 18.7. The van der Waals surface area contributed by atoms with Crippen LogP contribution in [0.2, 0.25) is 0 Å². The number of anilines is 4. The molecule has 5 aromatic carbocycles. The van der Waals surface area contributed by atoms with Crippen LogP contribution < -0.4 is 32.4 Å². The molecule has 39 heavy (non-hydrogen) atoms. The quantitative estimate of drug-likeness (QED) is 0.172. The van der Waals surface area contributed by atoms with Gasteiger partial charge in [0.25, 0.3) is 0 Å². The van der Waals surface area contributed by atoms with Crippen molar-refractivity contribution in [2.24, 2.45) is 0 Å². The van der Waals surface area contributed by atoms with Crippen molar-refractivity contribution in [3.8, 4) is 23.0 Å². The van der Waals surface area contributed by atoms with Gasteiger partial charge in [0.05, 0.1) is 0 Å². The summed E-state index contributed by atoms with van der Waals surface area (Å²) < 4.78 is 11.8. The molecule has 0 unspecified atom stereocenters. The first kappa shape index (κ1) is 26.9. The Labute approximate surface area is 229 Å². The second-order valence-corrected chi connectivity index (χ2v) is 9.68. The van der Waals surface area contributed by atoms with Crippen LogP contribution in [0.15, 0.2) is 121 Å². The Hall–Kier alpha value is -5.10. The van der Waals surface area contributed by atoms with Crippen LogP contribution in [0.1, 0.15) is 25.0 Å². The first-order valence-electron chi connectivity index (χ1n) is 12.6. The fourth-order valence-corrected chi connectivity index (χ4v) is 3.89. The van der Waals surface area contributed by atoms with Crippen molar-refractivity contribution in [1.29, 1.82) is 0 Å². The molecule has 0 atom stereocenters. The molecule has 0 aromatic heterocycles. The lowest BCUT2D eigenvalue weighted by Crippen LogP contribution is -2.18. The van der Waals surface area contributed by atoms with E-state index < -0.39 is 0 Å². The normalized spacial score (nSPS) is 10.7. The van der Waals surface area contributed by atoms with E-state index in [1.807, 2.05) is 72.8 Å². The number of rotatable bonds is 6. The summed E-state index contributed by atoms with van der Waals surface area (Å²) in [6.07, 6.45) is 0. The number of hydrogen-bond donors (Lipinski definition) is 4. The van der Waals surface area contributed by atoms with E-state index >= 15 is 0 Å². The van der Waals surface area contributed by atoms with Crippen LogP contribution >= 0.6 is 0 Å². The third-order valence-corrected chi connectivity index (χ3v) is 6.32. The molecule has 8 N–H and O–H groups in total. The van der Waals surface area contributed by atoms with E-state index in [9.17, 15) is 0 Å². The van der Waals surface area contributed by atoms with Crippen molar-refractivity contribution in [3.63, 3.8) is 0 Å². The van der Waals surface area contributed by atoms with E-state index in [2.05, 4.69) is 38.1 Å². The molecule has 0 bridgehead atoms. The van der Waals surface area contributed by atoms with Crippen molar-refractivity contribution in [3.05, 3.63) is 132 Å². The third-order valence-electron chi connectivity index (χ3n) is 6.32. The lowest BCUT2D eigenvalue weighted by molar-refractivity contribution is 0.481. The van der Waals surface area contributed by atoms with Gasteiger partial charge < -0.3 is 32.4 Å². The highest BCUT2D eigenvalue weighted by molar-refractivity contribution is 5.48. The van der Waals surface area contributed by atoms with Crippen molar-refractivity contribution >= 4 is 22.7 Å². The van der Waals surface area contributed by atoms with Gasteiger partial charge in [-0.25, -0.2) is 0 Å². The molecule has 0 radical (unpaired) electrons. The smallest absolute Gasteiger partial charge is 0.127 e. The van der Waals surface area contributed by atoms with E-state index in [-0.39, 0.29) is 5.41 Å². The molecular formula is C33H34N4O2. The van der Waals surface area contributed by atoms with Gasteiger partial charge in [0.1, 0.15) is 23.0 Å². The van der Waals surface area contributed by atoms with E-state index in [0.29, 0.717) is 11.4 Å². The second kappa shape index (κ2) is 12.0. The topological polar surface area (TPSA) is 123 Å². The van der Waals surface area contributed by atoms with Gasteiger partial charge in [0.15, 0.2) is 0 Å². The Morgan fingerprint density at radius 1 is 0.359 bits per heavy atom. The second-order valence-electron chi connectivity index (χ2n) is 9.68. The maximum Gasteiger partial charge on any atom is 0.127 e. The van der Waals surface area contributed by atoms with Crippen LogP contribution in [0.5, 0.6) is 23.0 Å². The molecule has 0 amide bonds. The number of benzene rings is 5. The Balaban J connectivity index is 0.000000379. The molecule has 0 fully saturated rings. The van der Waals surface area contributed by atoms with Crippen molar-refractivity contribution in [2.75, 3.05) is 22.9 Å². The SMILES string of the molecule is CC(C)(c1ccc(Oc2ccc(N)cc2)cc1)c1ccc(Oc2ccc(N)cc2)cc1.Nc1ccc(N)cc1. The minimum atomic E-state index is -0.167. The number of nitrogen functional groups attached to an aromatic ring is 4. The summed E-state index contributed by atoms with van der Waals surface area (Å²) in [6, 6.07) is 38.2. The van der Waals surface area contributed by atoms with Crippen LogP contribution in [-0.2, 0) is 5.41 Å². The molecule has 0 aliphatic carbocycles. The molecule has 0 saturated carbocycles. The summed E-state index contributed by atoms with van der Waals surface area (Å²) in [6.45, 7) is 4.41. The van der Waals surface area contributed by atoms with Gasteiger partial charge in [-0.1, -0.05) is 38.1 Å². The Kier molecular flexibility index (Phi) is 8.27. The Morgan fingerprint density at radius 2 is 0.564 bits per heavy atom. The molecule has 198 valence electrons. The molecule has 5 aromatic rings. The van der Waals surface area contributed by atoms with E-state index in [4.69, 9.17) is 32.4 Å². The average molecular weight is 519 g/mol. The fourth-order valence-electron chi connectivity index (χ4n) is 3.89. The standard InChI is InChI=1S/C27H26N2O2.C6H8N2/c1-27(2,19-3-11-23(12-4-19)30-25-15-7-21(28)8-16-25)20-5-13-24(14-6-20)31-26-17-9-22(29)10-18-26;7-5-1-2-6(8)4-3-5/h3-18H,28-29H2,1-2H3;1-4H,7-8H2. The highest BCUT2D eigenvalue weighted by atomic mass is 16.5. The lowest BCUT2D eigenvalue weighted by Gasteiger charge is -2.26. The highest BCUT2D eigenvalue weighted by Gasteiger charge is 2.23. The summed E-state index contributed by atoms with van der Waals surface area (Å²) in [5.74, 6) is 3.10. The fraction of sp³-hybridized carbons (Fsp3) is 0.0909. The van der Waals surface area contributed by atoms with Gasteiger partial charge >= 0.3 is 0 Å². The van der Waals surface area contributed by atoms with Crippen LogP contribution in [0.3, 0.4) is 0 Å². The molecule has 0 saturated heterocycles. The Bertz CT molecular complexity index is 1350. The minimum absolute atomic E-state index is 0.167. The van der Waals surface area contributed by atoms with Gasteiger partial charge in [-0.2, -0.15) is 0 Å². The summed E-state index contributed by atoms with van der Waals surface area (Å²) in [4.78, 5) is 0. The summed E-state index contributed by atoms with van der Waals surface area (Å²) >= 11 is 0. The first-order valence-corrected chi connectivity index (χ1v) is 12.6. The molecule has 6 nitrogen and oxygen atoms in total. The van der Waals surface area contributed by atoms with Gasteiger partial charge in [-0.3, -0.25) is 0 Å². The van der Waals surface area contributed by atoms with E-state index in [0.717, 1.165) is 34.4 Å². The molecule has 6 heteroatoms. The zero-order chi connectivity index (χ0) is 27.8. The van der Waals surface area contributed by atoms with Crippen LogP contribution in [-0.4, -0.2) is 0 Å². The van der Waals surface area contributed by atoms with E-state index in [1.54, 1.807) is 24.3 Å². The molecule has 0 heterocycles. The van der Waals surface area contributed by atoms with Gasteiger partial charge in [-0.05, 0) is 108 Å². The predicted molar refractivity (Wildman–Crippen MR) is 162 cm³/mol. The maximum absolute atomic E-state index is 5.91. The monoisotopic (exact) mass is 518 g/mol. The van der Waals surface area contributed by atoms with Crippen molar-refractivity contribution in [1.82, 2.24) is 0 Å². The summed E-state index contributed by atoms with van der Waals surface area (Å²) in [7, 11) is 0. The molecular weight excluding hydrogens is 484 g/mol. The van der Waals surface area contributed by atoms with Gasteiger partial charge in [0.2, 0.25) is 0 Å². The maximum atomic E-state index is 5.91. The molecule has 0 aliphatic rings. The number of ether oxygens (including phenoxy) is 2. The number of hydrogen-bond acceptors (Lipinski definition) is 6. The minimum Gasteiger partial charge on any atom is -0.457 e. The van der Waals surface area contributed by atoms with Crippen molar-refractivity contribution in [2.45, 2.75) is 19.3 Å². The van der Waals surface area contributed by atoms with Gasteiger partial charge in [0, 0.05) is 28.2 Å². The lowest BCUT2D eigenvalue weighted by atomic mass is 9.78. The van der Waals surface area contributed by atoms with E-state index in [1.165, 1.54) is 11.1 Å². The number of nitrogens with two attached hydrogens (primary N) is 4. The highest BCUT2D eigenvalue weighted by Crippen LogP contribution is 2.34. The molecule has 0 aliphatic heterocycles. The zero-order valence-electron chi connectivity index (χ0n) is 22.2. The van der Waals surface area contributed by atoms with Crippen molar-refractivity contribution < 1.29 is 9.47 Å². The van der Waals surface area contributed by atoms with Crippen LogP contribution in [0.4, 0.5) is 22.7 Å². The largest absolute Gasteiger partial charge is 0.457 e. The Morgan fingerprint density at radius 3 is 0.821 bits per heavy atom. The molecule has 0 spiro atoms. The van der Waals surface area contributed by atoms with Crippen LogP contribution in [0, 0.1) is 0 Å². The molecule has 5 rings (SSSR count). The predicted octanol–water partition coefficient (Wildman–Crippen LogP) is 7.61.